The Hall–Kier alpha value is -0.280. The van der Waals surface area contributed by atoms with Crippen LogP contribution in [0.2, 0.25) is 10.0 Å². The molecular formula is C14H20Cl2O2. The predicted octanol–water partition coefficient (Wildman–Crippen LogP) is 4.10. The third kappa shape index (κ3) is 3.39. The molecule has 1 aromatic rings. The Kier molecular flexibility index (Phi) is 5.93. The quantitative estimate of drug-likeness (QED) is 0.855. The van der Waals surface area contributed by atoms with Gasteiger partial charge in [-0.25, -0.2) is 0 Å². The molecule has 4 heteroatoms. The van der Waals surface area contributed by atoms with Gasteiger partial charge in [0.2, 0.25) is 0 Å². The normalized spacial score (nSPS) is 13.7. The van der Waals surface area contributed by atoms with Crippen molar-refractivity contribution < 1.29 is 9.84 Å². The van der Waals surface area contributed by atoms with E-state index in [1.165, 1.54) is 0 Å². The lowest BCUT2D eigenvalue weighted by molar-refractivity contribution is -0.106. The van der Waals surface area contributed by atoms with Crippen molar-refractivity contribution in [2.45, 2.75) is 44.8 Å². The van der Waals surface area contributed by atoms with Crippen LogP contribution in [0.15, 0.2) is 18.2 Å². The Balaban J connectivity index is 2.92. The van der Waals surface area contributed by atoms with Gasteiger partial charge in [-0.1, -0.05) is 37.0 Å². The summed E-state index contributed by atoms with van der Waals surface area (Å²) in [4.78, 5) is 0. The minimum atomic E-state index is -0.603. The van der Waals surface area contributed by atoms with Crippen LogP contribution >= 0.6 is 23.2 Å². The van der Waals surface area contributed by atoms with Gasteiger partial charge in [0.15, 0.2) is 0 Å². The fraction of sp³-hybridized carbons (Fsp3) is 0.571. The fourth-order valence-corrected chi connectivity index (χ4v) is 2.63. The number of rotatable bonds is 6. The summed E-state index contributed by atoms with van der Waals surface area (Å²) in [6, 6.07) is 5.28. The van der Waals surface area contributed by atoms with Gasteiger partial charge < -0.3 is 9.84 Å². The third-order valence-corrected chi connectivity index (χ3v) is 4.24. The van der Waals surface area contributed by atoms with E-state index in [2.05, 4.69) is 0 Å². The molecule has 1 N–H and O–H groups in total. The van der Waals surface area contributed by atoms with E-state index in [1.54, 1.807) is 25.3 Å². The SMILES string of the molecule is CCC(CC)(OC)C(O)Cc1cc(Cl)ccc1Cl. The van der Waals surface area contributed by atoms with Crippen LogP contribution in [0.25, 0.3) is 0 Å². The fourth-order valence-electron chi connectivity index (χ4n) is 2.24. The van der Waals surface area contributed by atoms with Gasteiger partial charge in [-0.3, -0.25) is 0 Å². The second-order valence-corrected chi connectivity index (χ2v) is 5.28. The Morgan fingerprint density at radius 2 is 1.89 bits per heavy atom. The molecule has 0 fully saturated rings. The van der Waals surface area contributed by atoms with Crippen molar-refractivity contribution in [3.8, 4) is 0 Å². The number of hydrogen-bond acceptors (Lipinski definition) is 2. The highest BCUT2D eigenvalue weighted by molar-refractivity contribution is 6.33. The minimum Gasteiger partial charge on any atom is -0.390 e. The minimum absolute atomic E-state index is 0.439. The van der Waals surface area contributed by atoms with Gasteiger partial charge >= 0.3 is 0 Å². The van der Waals surface area contributed by atoms with Crippen molar-refractivity contribution in [2.24, 2.45) is 0 Å². The first-order valence-electron chi connectivity index (χ1n) is 6.16. The van der Waals surface area contributed by atoms with Crippen molar-refractivity contribution in [3.63, 3.8) is 0 Å². The van der Waals surface area contributed by atoms with Crippen LogP contribution in [0.5, 0.6) is 0 Å². The molecule has 0 radical (unpaired) electrons. The van der Waals surface area contributed by atoms with E-state index in [9.17, 15) is 5.11 Å². The molecule has 0 saturated heterocycles. The number of aliphatic hydroxyl groups is 1. The molecule has 1 atom stereocenters. The molecule has 0 amide bonds. The van der Waals surface area contributed by atoms with Crippen LogP contribution < -0.4 is 0 Å². The van der Waals surface area contributed by atoms with Gasteiger partial charge in [-0.15, -0.1) is 0 Å². The Morgan fingerprint density at radius 3 is 2.39 bits per heavy atom. The van der Waals surface area contributed by atoms with E-state index in [1.807, 2.05) is 13.8 Å². The molecule has 1 rings (SSSR count). The third-order valence-electron chi connectivity index (χ3n) is 3.63. The molecule has 1 aromatic carbocycles. The zero-order valence-electron chi connectivity index (χ0n) is 11.0. The van der Waals surface area contributed by atoms with Crippen LogP contribution in [0.3, 0.4) is 0 Å². The van der Waals surface area contributed by atoms with Gasteiger partial charge in [-0.05, 0) is 36.6 Å². The molecular weight excluding hydrogens is 271 g/mol. The number of methoxy groups -OCH3 is 1. The van der Waals surface area contributed by atoms with Crippen LogP contribution in [-0.4, -0.2) is 23.9 Å². The summed E-state index contributed by atoms with van der Waals surface area (Å²) in [5.74, 6) is 0. The molecule has 0 spiro atoms. The number of ether oxygens (including phenoxy) is 1. The maximum atomic E-state index is 10.4. The molecule has 1 unspecified atom stereocenters. The number of benzene rings is 1. The molecule has 18 heavy (non-hydrogen) atoms. The summed E-state index contributed by atoms with van der Waals surface area (Å²) < 4.78 is 5.51. The standard InChI is InChI=1S/C14H20Cl2O2/c1-4-14(5-2,18-3)13(17)9-10-8-11(15)6-7-12(10)16/h6-8,13,17H,4-5,9H2,1-3H3. The summed E-state index contributed by atoms with van der Waals surface area (Å²) in [6.45, 7) is 4.02. The van der Waals surface area contributed by atoms with E-state index in [-0.39, 0.29) is 0 Å². The summed E-state index contributed by atoms with van der Waals surface area (Å²) >= 11 is 12.1. The number of hydrogen-bond donors (Lipinski definition) is 1. The molecule has 0 bridgehead atoms. The highest BCUT2D eigenvalue weighted by atomic mass is 35.5. The zero-order valence-corrected chi connectivity index (χ0v) is 12.6. The van der Waals surface area contributed by atoms with Crippen LogP contribution in [0.1, 0.15) is 32.3 Å². The van der Waals surface area contributed by atoms with Crippen LogP contribution in [-0.2, 0) is 11.2 Å². The predicted molar refractivity (Wildman–Crippen MR) is 76.5 cm³/mol. The summed E-state index contributed by atoms with van der Waals surface area (Å²) in [7, 11) is 1.63. The largest absolute Gasteiger partial charge is 0.390 e. The van der Waals surface area contributed by atoms with Crippen molar-refractivity contribution in [3.05, 3.63) is 33.8 Å². The Bertz CT molecular complexity index is 381. The van der Waals surface area contributed by atoms with Crippen LogP contribution in [0, 0.1) is 0 Å². The second-order valence-electron chi connectivity index (χ2n) is 4.43. The first kappa shape index (κ1) is 15.8. The van der Waals surface area contributed by atoms with Crippen molar-refractivity contribution in [1.82, 2.24) is 0 Å². The molecule has 102 valence electrons. The monoisotopic (exact) mass is 290 g/mol. The molecule has 0 saturated carbocycles. The smallest absolute Gasteiger partial charge is 0.0934 e. The zero-order chi connectivity index (χ0) is 13.8. The highest BCUT2D eigenvalue weighted by Crippen LogP contribution is 2.29. The molecule has 0 aliphatic heterocycles. The lowest BCUT2D eigenvalue weighted by atomic mass is 9.86. The molecule has 0 aliphatic carbocycles. The molecule has 0 heterocycles. The second kappa shape index (κ2) is 6.76. The Morgan fingerprint density at radius 1 is 1.28 bits per heavy atom. The van der Waals surface area contributed by atoms with E-state index in [0.29, 0.717) is 16.5 Å². The van der Waals surface area contributed by atoms with Crippen LogP contribution in [0.4, 0.5) is 0 Å². The average Bonchev–Trinajstić information content (AvgIpc) is 2.37. The van der Waals surface area contributed by atoms with Gasteiger partial charge in [0.05, 0.1) is 11.7 Å². The number of aliphatic hydroxyl groups excluding tert-OH is 1. The summed E-state index contributed by atoms with van der Waals surface area (Å²) in [6.07, 6.45) is 1.33. The molecule has 0 aromatic heterocycles. The van der Waals surface area contributed by atoms with E-state index >= 15 is 0 Å². The summed E-state index contributed by atoms with van der Waals surface area (Å²) in [5, 5.41) is 11.6. The van der Waals surface area contributed by atoms with E-state index < -0.39 is 11.7 Å². The van der Waals surface area contributed by atoms with Gasteiger partial charge in [0, 0.05) is 23.6 Å². The maximum absolute atomic E-state index is 10.4. The molecule has 0 aliphatic rings. The van der Waals surface area contributed by atoms with Gasteiger partial charge in [0.1, 0.15) is 0 Å². The van der Waals surface area contributed by atoms with E-state index in [4.69, 9.17) is 27.9 Å². The topological polar surface area (TPSA) is 29.5 Å². The summed E-state index contributed by atoms with van der Waals surface area (Å²) in [5.41, 5.74) is 0.325. The lowest BCUT2D eigenvalue weighted by Gasteiger charge is -2.35. The highest BCUT2D eigenvalue weighted by Gasteiger charge is 2.34. The van der Waals surface area contributed by atoms with E-state index in [0.717, 1.165) is 18.4 Å². The van der Waals surface area contributed by atoms with Gasteiger partial charge in [0.25, 0.3) is 0 Å². The van der Waals surface area contributed by atoms with Crippen molar-refractivity contribution in [2.75, 3.05) is 7.11 Å². The average molecular weight is 291 g/mol. The van der Waals surface area contributed by atoms with Gasteiger partial charge in [-0.2, -0.15) is 0 Å². The lowest BCUT2D eigenvalue weighted by Crippen LogP contribution is -2.44. The molecule has 2 nitrogen and oxygen atoms in total. The Labute approximate surface area is 119 Å². The number of halogens is 2. The van der Waals surface area contributed by atoms with Crippen molar-refractivity contribution >= 4 is 23.2 Å². The van der Waals surface area contributed by atoms with Crippen molar-refractivity contribution in [1.29, 1.82) is 0 Å². The first-order valence-corrected chi connectivity index (χ1v) is 6.91. The maximum Gasteiger partial charge on any atom is 0.0934 e. The first-order chi connectivity index (χ1) is 8.49.